The molecule has 1 aromatic rings. The molecule has 3 heteroatoms. The number of rotatable bonds is 4. The Balaban J connectivity index is 1.57. The minimum absolute atomic E-state index is 0.656. The van der Waals surface area contributed by atoms with Crippen LogP contribution in [0.1, 0.15) is 56.4 Å². The SMILES string of the molecule is CN1CCN(CC(c2cccc(Cl)c2)C2CCCC3CCCCC32)CC1. The van der Waals surface area contributed by atoms with Crippen LogP contribution in [-0.2, 0) is 0 Å². The third-order valence-electron chi connectivity index (χ3n) is 7.47. The summed E-state index contributed by atoms with van der Waals surface area (Å²) < 4.78 is 0. The van der Waals surface area contributed by atoms with Crippen molar-refractivity contribution >= 4 is 11.6 Å². The van der Waals surface area contributed by atoms with Gasteiger partial charge in [0, 0.05) is 37.7 Å². The van der Waals surface area contributed by atoms with E-state index in [1.165, 1.54) is 83.2 Å². The van der Waals surface area contributed by atoms with Gasteiger partial charge in [-0.05, 0) is 61.3 Å². The first-order chi connectivity index (χ1) is 12.7. The highest BCUT2D eigenvalue weighted by Crippen LogP contribution is 2.49. The summed E-state index contributed by atoms with van der Waals surface area (Å²) in [5.74, 6) is 3.46. The lowest BCUT2D eigenvalue weighted by Crippen LogP contribution is -2.47. The zero-order chi connectivity index (χ0) is 17.9. The van der Waals surface area contributed by atoms with Crippen LogP contribution in [0, 0.1) is 17.8 Å². The van der Waals surface area contributed by atoms with Crippen LogP contribution in [0.3, 0.4) is 0 Å². The van der Waals surface area contributed by atoms with Gasteiger partial charge in [0.1, 0.15) is 0 Å². The Morgan fingerprint density at radius 3 is 2.58 bits per heavy atom. The van der Waals surface area contributed by atoms with E-state index in [9.17, 15) is 0 Å². The van der Waals surface area contributed by atoms with E-state index in [0.29, 0.717) is 5.92 Å². The number of nitrogens with zero attached hydrogens (tertiary/aromatic N) is 2. The molecule has 4 atom stereocenters. The summed E-state index contributed by atoms with van der Waals surface area (Å²) in [7, 11) is 2.25. The Hall–Kier alpha value is -0.570. The van der Waals surface area contributed by atoms with Gasteiger partial charge in [-0.15, -0.1) is 0 Å². The van der Waals surface area contributed by atoms with Gasteiger partial charge in [-0.2, -0.15) is 0 Å². The van der Waals surface area contributed by atoms with Crippen molar-refractivity contribution in [2.75, 3.05) is 39.8 Å². The molecule has 4 rings (SSSR count). The zero-order valence-corrected chi connectivity index (χ0v) is 17.1. The molecule has 144 valence electrons. The first-order valence-corrected chi connectivity index (χ1v) is 11.2. The summed E-state index contributed by atoms with van der Waals surface area (Å²) in [6.45, 7) is 6.07. The van der Waals surface area contributed by atoms with Crippen LogP contribution in [0.25, 0.3) is 0 Å². The molecule has 3 aliphatic rings. The molecule has 0 aromatic heterocycles. The summed E-state index contributed by atoms with van der Waals surface area (Å²) in [5, 5.41) is 0.905. The molecule has 1 heterocycles. The number of piperazine rings is 1. The highest BCUT2D eigenvalue weighted by molar-refractivity contribution is 6.30. The van der Waals surface area contributed by atoms with Gasteiger partial charge in [0.15, 0.2) is 0 Å². The van der Waals surface area contributed by atoms with E-state index in [1.807, 2.05) is 6.07 Å². The van der Waals surface area contributed by atoms with Crippen molar-refractivity contribution in [3.8, 4) is 0 Å². The van der Waals surface area contributed by atoms with Gasteiger partial charge in [0.2, 0.25) is 0 Å². The molecule has 3 fully saturated rings. The average molecular weight is 375 g/mol. The summed E-state index contributed by atoms with van der Waals surface area (Å²) in [4.78, 5) is 5.18. The number of benzene rings is 1. The van der Waals surface area contributed by atoms with Crippen LogP contribution in [0.15, 0.2) is 24.3 Å². The molecule has 26 heavy (non-hydrogen) atoms. The molecule has 0 N–H and O–H groups in total. The number of likely N-dealkylation sites (N-methyl/N-ethyl adjacent to an activating group) is 1. The Labute approximate surface area is 164 Å². The topological polar surface area (TPSA) is 6.48 Å². The predicted octanol–water partition coefficient (Wildman–Crippen LogP) is 5.28. The number of hydrogen-bond acceptors (Lipinski definition) is 2. The molecule has 1 saturated heterocycles. The van der Waals surface area contributed by atoms with Crippen LogP contribution in [0.5, 0.6) is 0 Å². The van der Waals surface area contributed by atoms with Gasteiger partial charge in [-0.1, -0.05) is 55.8 Å². The van der Waals surface area contributed by atoms with E-state index in [1.54, 1.807) is 0 Å². The van der Waals surface area contributed by atoms with Crippen molar-refractivity contribution in [1.82, 2.24) is 9.80 Å². The van der Waals surface area contributed by atoms with Crippen LogP contribution in [0.4, 0.5) is 0 Å². The van der Waals surface area contributed by atoms with Gasteiger partial charge in [0.05, 0.1) is 0 Å². The van der Waals surface area contributed by atoms with Crippen molar-refractivity contribution < 1.29 is 0 Å². The fraction of sp³-hybridized carbons (Fsp3) is 0.739. The lowest BCUT2D eigenvalue weighted by Gasteiger charge is -2.46. The van der Waals surface area contributed by atoms with E-state index >= 15 is 0 Å². The Morgan fingerprint density at radius 1 is 1.00 bits per heavy atom. The van der Waals surface area contributed by atoms with E-state index in [-0.39, 0.29) is 0 Å². The fourth-order valence-electron chi connectivity index (χ4n) is 6.02. The van der Waals surface area contributed by atoms with Crippen molar-refractivity contribution in [2.24, 2.45) is 17.8 Å². The predicted molar refractivity (Wildman–Crippen MR) is 111 cm³/mol. The van der Waals surface area contributed by atoms with E-state index in [0.717, 1.165) is 22.8 Å². The number of hydrogen-bond donors (Lipinski definition) is 0. The van der Waals surface area contributed by atoms with Crippen molar-refractivity contribution in [2.45, 2.75) is 50.9 Å². The normalized spacial score (nSPS) is 32.2. The second-order valence-electron chi connectivity index (χ2n) is 9.07. The molecule has 2 saturated carbocycles. The van der Waals surface area contributed by atoms with Crippen molar-refractivity contribution in [1.29, 1.82) is 0 Å². The van der Waals surface area contributed by atoms with E-state index < -0.39 is 0 Å². The van der Waals surface area contributed by atoms with E-state index in [4.69, 9.17) is 11.6 Å². The largest absolute Gasteiger partial charge is 0.304 e. The summed E-state index contributed by atoms with van der Waals surface area (Å²) in [6, 6.07) is 8.80. The number of fused-ring (bicyclic) bond motifs is 1. The minimum atomic E-state index is 0.656. The molecule has 0 radical (unpaired) electrons. The summed E-state index contributed by atoms with van der Waals surface area (Å²) in [6.07, 6.45) is 10.2. The van der Waals surface area contributed by atoms with Crippen LogP contribution in [0.2, 0.25) is 5.02 Å². The van der Waals surface area contributed by atoms with Crippen molar-refractivity contribution in [3.63, 3.8) is 0 Å². The Kier molecular flexibility index (Phi) is 6.23. The molecule has 1 aromatic carbocycles. The monoisotopic (exact) mass is 374 g/mol. The maximum absolute atomic E-state index is 6.41. The molecule has 0 spiro atoms. The summed E-state index contributed by atoms with van der Waals surface area (Å²) >= 11 is 6.41. The third-order valence-corrected chi connectivity index (χ3v) is 7.71. The molecule has 2 nitrogen and oxygen atoms in total. The lowest BCUT2D eigenvalue weighted by molar-refractivity contribution is 0.0642. The summed E-state index contributed by atoms with van der Waals surface area (Å²) in [5.41, 5.74) is 1.49. The zero-order valence-electron chi connectivity index (χ0n) is 16.4. The van der Waals surface area contributed by atoms with Gasteiger partial charge in [-0.3, -0.25) is 0 Å². The van der Waals surface area contributed by atoms with Gasteiger partial charge < -0.3 is 9.80 Å². The quantitative estimate of drug-likeness (QED) is 0.707. The maximum atomic E-state index is 6.41. The first-order valence-electron chi connectivity index (χ1n) is 10.9. The molecule has 2 aliphatic carbocycles. The van der Waals surface area contributed by atoms with Crippen molar-refractivity contribution in [3.05, 3.63) is 34.9 Å². The van der Waals surface area contributed by atoms with Crippen LogP contribution >= 0.6 is 11.6 Å². The van der Waals surface area contributed by atoms with Crippen LogP contribution in [-0.4, -0.2) is 49.6 Å². The molecule has 0 amide bonds. The second kappa shape index (κ2) is 8.63. The fourth-order valence-corrected chi connectivity index (χ4v) is 6.22. The minimum Gasteiger partial charge on any atom is -0.304 e. The molecular weight excluding hydrogens is 340 g/mol. The highest BCUT2D eigenvalue weighted by atomic mass is 35.5. The Bertz CT molecular complexity index is 579. The lowest BCUT2D eigenvalue weighted by atomic mass is 9.61. The number of halogens is 1. The maximum Gasteiger partial charge on any atom is 0.0408 e. The molecule has 1 aliphatic heterocycles. The first kappa shape index (κ1) is 18.8. The van der Waals surface area contributed by atoms with Gasteiger partial charge in [0.25, 0.3) is 0 Å². The standard InChI is InChI=1S/C23H35ClN2/c1-25-12-14-26(15-13-25)17-23(19-8-4-9-20(24)16-19)22-11-5-7-18-6-2-3-10-21(18)22/h4,8-9,16,18,21-23H,2-3,5-7,10-15,17H2,1H3. The molecular formula is C23H35ClN2. The molecule has 0 bridgehead atoms. The Morgan fingerprint density at radius 2 is 1.77 bits per heavy atom. The third kappa shape index (κ3) is 4.29. The average Bonchev–Trinajstić information content (AvgIpc) is 2.67. The van der Waals surface area contributed by atoms with Gasteiger partial charge >= 0.3 is 0 Å². The van der Waals surface area contributed by atoms with E-state index in [2.05, 4.69) is 35.0 Å². The second-order valence-corrected chi connectivity index (χ2v) is 9.50. The van der Waals surface area contributed by atoms with Crippen LogP contribution < -0.4 is 0 Å². The highest BCUT2D eigenvalue weighted by Gasteiger charge is 2.39. The smallest absolute Gasteiger partial charge is 0.0408 e. The molecule has 4 unspecified atom stereocenters. The van der Waals surface area contributed by atoms with Gasteiger partial charge in [-0.25, -0.2) is 0 Å².